The largest absolute Gasteiger partial charge is 0.354 e. The van der Waals surface area contributed by atoms with E-state index in [0.29, 0.717) is 12.3 Å². The first kappa shape index (κ1) is 20.3. The summed E-state index contributed by atoms with van der Waals surface area (Å²) in [6.45, 7) is 14.1. The van der Waals surface area contributed by atoms with Gasteiger partial charge >= 0.3 is 0 Å². The van der Waals surface area contributed by atoms with E-state index in [0.717, 1.165) is 58.1 Å². The maximum absolute atomic E-state index is 11.8. The van der Waals surface area contributed by atoms with Crippen molar-refractivity contribution in [2.24, 2.45) is 0 Å². The smallest absolute Gasteiger partial charge is 0.230 e. The molecule has 0 aromatic heterocycles. The Morgan fingerprint density at radius 3 is 2.35 bits per heavy atom. The van der Waals surface area contributed by atoms with Crippen LogP contribution in [0.5, 0.6) is 0 Å². The van der Waals surface area contributed by atoms with Gasteiger partial charge in [0.25, 0.3) is 0 Å². The van der Waals surface area contributed by atoms with Crippen LogP contribution < -0.4 is 5.32 Å². The van der Waals surface area contributed by atoms with Gasteiger partial charge in [-0.05, 0) is 13.1 Å². The molecule has 0 spiro atoms. The van der Waals surface area contributed by atoms with Crippen molar-refractivity contribution in [3.8, 4) is 0 Å². The Balaban J connectivity index is 2.01. The molecule has 0 aromatic rings. The van der Waals surface area contributed by atoms with E-state index < -0.39 is 0 Å². The fraction of sp³-hybridized carbons (Fsp3) is 0.875. The van der Waals surface area contributed by atoms with Crippen molar-refractivity contribution < 1.29 is 9.59 Å². The highest BCUT2D eigenvalue weighted by Gasteiger charge is 2.17. The van der Waals surface area contributed by atoms with Crippen LogP contribution in [-0.2, 0) is 9.59 Å². The average Bonchev–Trinajstić information content (AvgIpc) is 2.55. The molecule has 7 heteroatoms. The highest BCUT2D eigenvalue weighted by molar-refractivity contribution is 7.99. The minimum absolute atomic E-state index is 0.122. The van der Waals surface area contributed by atoms with E-state index in [2.05, 4.69) is 29.0 Å². The van der Waals surface area contributed by atoms with Crippen molar-refractivity contribution in [1.82, 2.24) is 20.0 Å². The van der Waals surface area contributed by atoms with E-state index in [-0.39, 0.29) is 11.8 Å². The highest BCUT2D eigenvalue weighted by atomic mass is 32.2. The van der Waals surface area contributed by atoms with Gasteiger partial charge in [0.1, 0.15) is 0 Å². The summed E-state index contributed by atoms with van der Waals surface area (Å²) in [5, 5.41) is 2.98. The number of nitrogens with zero attached hydrogens (tertiary/aromatic N) is 3. The first-order valence-electron chi connectivity index (χ1n) is 8.61. The number of rotatable bonds is 10. The Labute approximate surface area is 144 Å². The number of thioether (sulfide) groups is 1. The van der Waals surface area contributed by atoms with Crippen LogP contribution in [0.3, 0.4) is 0 Å². The molecule has 0 aliphatic carbocycles. The molecule has 0 bridgehead atoms. The molecule has 0 radical (unpaired) electrons. The minimum Gasteiger partial charge on any atom is -0.354 e. The summed E-state index contributed by atoms with van der Waals surface area (Å²) >= 11 is 1.70. The number of hydrogen-bond acceptors (Lipinski definition) is 5. The summed E-state index contributed by atoms with van der Waals surface area (Å²) in [5.41, 5.74) is 0. The predicted molar refractivity (Wildman–Crippen MR) is 96.8 cm³/mol. The van der Waals surface area contributed by atoms with E-state index in [4.69, 9.17) is 0 Å². The van der Waals surface area contributed by atoms with Crippen LogP contribution in [0.1, 0.15) is 20.8 Å². The molecule has 1 rings (SSSR count). The lowest BCUT2D eigenvalue weighted by molar-refractivity contribution is -0.130. The lowest BCUT2D eigenvalue weighted by atomic mass is 10.3. The molecular weight excluding hydrogens is 312 g/mol. The second-order valence-corrected chi connectivity index (χ2v) is 6.88. The van der Waals surface area contributed by atoms with Gasteiger partial charge in [-0.2, -0.15) is 11.8 Å². The van der Waals surface area contributed by atoms with Gasteiger partial charge in [0.15, 0.2) is 0 Å². The Bertz CT molecular complexity index is 356. The summed E-state index contributed by atoms with van der Waals surface area (Å²) in [4.78, 5) is 29.6. The van der Waals surface area contributed by atoms with Crippen LogP contribution in [0.15, 0.2) is 0 Å². The number of carbonyl (C=O) groups excluding carboxylic acids is 2. The van der Waals surface area contributed by atoms with E-state index >= 15 is 0 Å². The van der Waals surface area contributed by atoms with E-state index in [1.54, 1.807) is 18.7 Å². The minimum atomic E-state index is 0.122. The number of piperazine rings is 1. The predicted octanol–water partition coefficient (Wildman–Crippen LogP) is 0.342. The second-order valence-electron chi connectivity index (χ2n) is 5.78. The summed E-state index contributed by atoms with van der Waals surface area (Å²) in [6.07, 6.45) is 0. The van der Waals surface area contributed by atoms with Gasteiger partial charge in [-0.1, -0.05) is 13.8 Å². The fourth-order valence-electron chi connectivity index (χ4n) is 2.59. The van der Waals surface area contributed by atoms with E-state index in [1.807, 2.05) is 4.90 Å². The van der Waals surface area contributed by atoms with E-state index in [9.17, 15) is 9.59 Å². The first-order valence-corrected chi connectivity index (χ1v) is 9.77. The van der Waals surface area contributed by atoms with Gasteiger partial charge in [-0.3, -0.25) is 14.5 Å². The maximum atomic E-state index is 11.8. The van der Waals surface area contributed by atoms with Crippen molar-refractivity contribution in [2.75, 3.05) is 70.4 Å². The van der Waals surface area contributed by atoms with Gasteiger partial charge in [-0.25, -0.2) is 0 Å². The Kier molecular flexibility index (Phi) is 10.3. The third kappa shape index (κ3) is 8.58. The number of amides is 2. The third-order valence-corrected chi connectivity index (χ3v) is 5.18. The number of nitrogens with one attached hydrogen (secondary N) is 1. The Hall–Kier alpha value is -0.790. The van der Waals surface area contributed by atoms with Crippen LogP contribution in [0.2, 0.25) is 0 Å². The second kappa shape index (κ2) is 11.7. The zero-order valence-electron chi connectivity index (χ0n) is 14.8. The van der Waals surface area contributed by atoms with Crippen molar-refractivity contribution in [3.63, 3.8) is 0 Å². The lowest BCUT2D eigenvalue weighted by Gasteiger charge is -2.34. The molecule has 0 unspecified atom stereocenters. The lowest BCUT2D eigenvalue weighted by Crippen LogP contribution is -2.49. The number of hydrogen-bond donors (Lipinski definition) is 1. The maximum Gasteiger partial charge on any atom is 0.230 e. The van der Waals surface area contributed by atoms with Crippen LogP contribution in [0, 0.1) is 0 Å². The monoisotopic (exact) mass is 344 g/mol. The Morgan fingerprint density at radius 2 is 1.78 bits per heavy atom. The van der Waals surface area contributed by atoms with Crippen LogP contribution in [0.25, 0.3) is 0 Å². The van der Waals surface area contributed by atoms with Gasteiger partial charge in [0.2, 0.25) is 11.8 Å². The molecule has 0 saturated carbocycles. The zero-order chi connectivity index (χ0) is 17.1. The normalized spacial score (nSPS) is 15.9. The van der Waals surface area contributed by atoms with Crippen molar-refractivity contribution in [2.45, 2.75) is 20.8 Å². The Morgan fingerprint density at radius 1 is 1.13 bits per heavy atom. The van der Waals surface area contributed by atoms with Crippen LogP contribution >= 0.6 is 11.8 Å². The summed E-state index contributed by atoms with van der Waals surface area (Å²) < 4.78 is 0. The summed E-state index contributed by atoms with van der Waals surface area (Å²) in [5.74, 6) is 1.82. The average molecular weight is 345 g/mol. The zero-order valence-corrected chi connectivity index (χ0v) is 15.7. The molecule has 1 aliphatic heterocycles. The molecule has 0 atom stereocenters. The number of carbonyl (C=O) groups is 2. The molecule has 134 valence electrons. The molecule has 0 aromatic carbocycles. The SMILES string of the molecule is CCN(CC)CCSCC(=O)NCCN1CCN(C(C)=O)CC1. The molecule has 6 nitrogen and oxygen atoms in total. The van der Waals surface area contributed by atoms with Crippen LogP contribution in [-0.4, -0.2) is 96.9 Å². The molecule has 1 saturated heterocycles. The molecule has 1 fully saturated rings. The molecular formula is C16H32N4O2S. The quantitative estimate of drug-likeness (QED) is 0.579. The fourth-order valence-corrected chi connectivity index (χ4v) is 3.41. The van der Waals surface area contributed by atoms with Gasteiger partial charge in [0.05, 0.1) is 5.75 Å². The molecule has 1 N–H and O–H groups in total. The molecule has 1 heterocycles. The standard InChI is InChI=1S/C16H32N4O2S/c1-4-18(5-2)12-13-23-14-16(22)17-6-7-19-8-10-20(11-9-19)15(3)21/h4-14H2,1-3H3,(H,17,22). The first-order chi connectivity index (χ1) is 11.1. The molecule has 1 aliphatic rings. The van der Waals surface area contributed by atoms with E-state index in [1.165, 1.54) is 0 Å². The van der Waals surface area contributed by atoms with Crippen molar-refractivity contribution in [3.05, 3.63) is 0 Å². The molecule has 2 amide bonds. The highest BCUT2D eigenvalue weighted by Crippen LogP contribution is 2.02. The van der Waals surface area contributed by atoms with Gasteiger partial charge < -0.3 is 15.1 Å². The third-order valence-electron chi connectivity index (χ3n) is 4.25. The van der Waals surface area contributed by atoms with Gasteiger partial charge in [0, 0.05) is 58.5 Å². The van der Waals surface area contributed by atoms with Crippen molar-refractivity contribution in [1.29, 1.82) is 0 Å². The topological polar surface area (TPSA) is 55.9 Å². The van der Waals surface area contributed by atoms with Crippen molar-refractivity contribution >= 4 is 23.6 Å². The summed E-state index contributed by atoms with van der Waals surface area (Å²) in [7, 11) is 0. The summed E-state index contributed by atoms with van der Waals surface area (Å²) in [6, 6.07) is 0. The molecule has 23 heavy (non-hydrogen) atoms. The van der Waals surface area contributed by atoms with Crippen LogP contribution in [0.4, 0.5) is 0 Å². The van der Waals surface area contributed by atoms with Gasteiger partial charge in [-0.15, -0.1) is 0 Å².